The summed E-state index contributed by atoms with van der Waals surface area (Å²) in [6.07, 6.45) is 0.479. The molecule has 3 N–H and O–H groups in total. The van der Waals surface area contributed by atoms with E-state index in [1.807, 2.05) is 12.1 Å². The first-order chi connectivity index (χ1) is 7.00. The maximum Gasteiger partial charge on any atom is 0.123 e. The molecule has 0 saturated carbocycles. The maximum atomic E-state index is 9.10. The van der Waals surface area contributed by atoms with Gasteiger partial charge in [-0.2, -0.15) is 0 Å². The van der Waals surface area contributed by atoms with Crippen molar-refractivity contribution in [3.8, 4) is 5.75 Å². The van der Waals surface area contributed by atoms with Crippen LogP contribution in [0.2, 0.25) is 5.02 Å². The molecule has 0 heterocycles. The Hall–Kier alpha value is -0.770. The predicted octanol–water partition coefficient (Wildman–Crippen LogP) is 1.60. The molecular formula is C11H16ClNO2. The average molecular weight is 230 g/mol. The molecule has 0 spiro atoms. The van der Waals surface area contributed by atoms with Gasteiger partial charge in [0.05, 0.1) is 13.7 Å². The van der Waals surface area contributed by atoms with Gasteiger partial charge < -0.3 is 15.6 Å². The monoisotopic (exact) mass is 229 g/mol. The summed E-state index contributed by atoms with van der Waals surface area (Å²) in [5.74, 6) is 0.702. The molecule has 1 rings (SSSR count). The van der Waals surface area contributed by atoms with E-state index < -0.39 is 5.54 Å². The molecule has 1 atom stereocenters. The Morgan fingerprint density at radius 2 is 2.20 bits per heavy atom. The van der Waals surface area contributed by atoms with Crippen LogP contribution in [-0.2, 0) is 6.42 Å². The summed E-state index contributed by atoms with van der Waals surface area (Å²) in [6.45, 7) is 1.68. The molecule has 0 saturated heterocycles. The second kappa shape index (κ2) is 4.84. The normalized spacial score (nSPS) is 14.7. The number of ether oxygens (including phenoxy) is 1. The lowest BCUT2D eigenvalue weighted by Crippen LogP contribution is -2.42. The van der Waals surface area contributed by atoms with E-state index in [2.05, 4.69) is 0 Å². The number of aliphatic hydroxyl groups excluding tert-OH is 1. The van der Waals surface area contributed by atoms with Crippen LogP contribution >= 0.6 is 11.6 Å². The zero-order valence-electron chi connectivity index (χ0n) is 8.96. The first-order valence-electron chi connectivity index (χ1n) is 4.71. The van der Waals surface area contributed by atoms with Gasteiger partial charge in [0.1, 0.15) is 5.75 Å². The molecule has 0 aromatic heterocycles. The van der Waals surface area contributed by atoms with E-state index in [9.17, 15) is 0 Å². The zero-order valence-corrected chi connectivity index (χ0v) is 9.71. The van der Waals surface area contributed by atoms with E-state index in [1.54, 1.807) is 20.1 Å². The van der Waals surface area contributed by atoms with Crippen LogP contribution in [0.4, 0.5) is 0 Å². The SMILES string of the molecule is COc1cccc(Cl)c1CC(C)(N)CO. The number of benzene rings is 1. The first kappa shape index (κ1) is 12.3. The third-order valence-corrected chi connectivity index (χ3v) is 2.59. The summed E-state index contributed by atoms with van der Waals surface area (Å²) < 4.78 is 5.19. The lowest BCUT2D eigenvalue weighted by molar-refractivity contribution is 0.207. The smallest absolute Gasteiger partial charge is 0.123 e. The second-order valence-electron chi connectivity index (χ2n) is 3.91. The minimum atomic E-state index is -0.682. The van der Waals surface area contributed by atoms with Crippen LogP contribution in [0.1, 0.15) is 12.5 Å². The zero-order chi connectivity index (χ0) is 11.5. The van der Waals surface area contributed by atoms with Crippen LogP contribution in [0.15, 0.2) is 18.2 Å². The summed E-state index contributed by atoms with van der Waals surface area (Å²) in [7, 11) is 1.59. The van der Waals surface area contributed by atoms with Gasteiger partial charge in [-0.3, -0.25) is 0 Å². The number of hydrogen-bond donors (Lipinski definition) is 2. The highest BCUT2D eigenvalue weighted by molar-refractivity contribution is 6.31. The molecule has 0 fully saturated rings. The summed E-state index contributed by atoms with van der Waals surface area (Å²) in [6, 6.07) is 5.43. The third kappa shape index (κ3) is 3.09. The quantitative estimate of drug-likeness (QED) is 0.825. The van der Waals surface area contributed by atoms with Crippen molar-refractivity contribution < 1.29 is 9.84 Å². The van der Waals surface area contributed by atoms with Gasteiger partial charge in [0, 0.05) is 16.1 Å². The van der Waals surface area contributed by atoms with Gasteiger partial charge >= 0.3 is 0 Å². The van der Waals surface area contributed by atoms with E-state index >= 15 is 0 Å². The Balaban J connectivity index is 3.02. The van der Waals surface area contributed by atoms with Gasteiger partial charge in [0.15, 0.2) is 0 Å². The number of methoxy groups -OCH3 is 1. The van der Waals surface area contributed by atoms with Crippen LogP contribution in [-0.4, -0.2) is 24.4 Å². The van der Waals surface area contributed by atoms with Crippen molar-refractivity contribution in [1.29, 1.82) is 0 Å². The summed E-state index contributed by atoms with van der Waals surface area (Å²) >= 11 is 6.05. The van der Waals surface area contributed by atoms with Gasteiger partial charge in [-0.05, 0) is 25.5 Å². The van der Waals surface area contributed by atoms with E-state index in [4.69, 9.17) is 27.2 Å². The molecular weight excluding hydrogens is 214 g/mol. The van der Waals surface area contributed by atoms with Crippen LogP contribution in [0.3, 0.4) is 0 Å². The minimum absolute atomic E-state index is 0.0959. The molecule has 0 amide bonds. The maximum absolute atomic E-state index is 9.10. The Morgan fingerprint density at radius 3 is 2.73 bits per heavy atom. The van der Waals surface area contributed by atoms with E-state index in [1.165, 1.54) is 0 Å². The molecule has 3 nitrogen and oxygen atoms in total. The Kier molecular flexibility index (Phi) is 3.97. The number of rotatable bonds is 4. The van der Waals surface area contributed by atoms with E-state index in [0.29, 0.717) is 17.2 Å². The Morgan fingerprint density at radius 1 is 1.53 bits per heavy atom. The lowest BCUT2D eigenvalue weighted by Gasteiger charge is -2.23. The van der Waals surface area contributed by atoms with Crippen LogP contribution in [0, 0.1) is 0 Å². The average Bonchev–Trinajstić information content (AvgIpc) is 2.21. The Bertz CT molecular complexity index is 339. The number of hydrogen-bond acceptors (Lipinski definition) is 3. The highest BCUT2D eigenvalue weighted by Gasteiger charge is 2.21. The fourth-order valence-electron chi connectivity index (χ4n) is 1.36. The van der Waals surface area contributed by atoms with Crippen LogP contribution in [0.5, 0.6) is 5.75 Å². The van der Waals surface area contributed by atoms with Crippen molar-refractivity contribution >= 4 is 11.6 Å². The fourth-order valence-corrected chi connectivity index (χ4v) is 1.59. The number of aliphatic hydroxyl groups is 1. The second-order valence-corrected chi connectivity index (χ2v) is 4.32. The van der Waals surface area contributed by atoms with Crippen molar-refractivity contribution in [2.75, 3.05) is 13.7 Å². The van der Waals surface area contributed by atoms with Gasteiger partial charge in [-0.1, -0.05) is 17.7 Å². The summed E-state index contributed by atoms with van der Waals surface area (Å²) in [5.41, 5.74) is 6.03. The van der Waals surface area contributed by atoms with Crippen molar-refractivity contribution in [2.24, 2.45) is 5.73 Å². The van der Waals surface area contributed by atoms with Crippen LogP contribution in [0.25, 0.3) is 0 Å². The molecule has 1 unspecified atom stereocenters. The molecule has 0 radical (unpaired) electrons. The molecule has 84 valence electrons. The topological polar surface area (TPSA) is 55.5 Å². The molecule has 0 aliphatic rings. The van der Waals surface area contributed by atoms with E-state index in [0.717, 1.165) is 5.56 Å². The summed E-state index contributed by atoms with van der Waals surface area (Å²) in [4.78, 5) is 0. The molecule has 1 aromatic rings. The minimum Gasteiger partial charge on any atom is -0.496 e. The molecule has 15 heavy (non-hydrogen) atoms. The number of nitrogens with two attached hydrogens (primary N) is 1. The van der Waals surface area contributed by atoms with Gasteiger partial charge in [0.2, 0.25) is 0 Å². The summed E-state index contributed by atoms with van der Waals surface area (Å²) in [5, 5.41) is 9.71. The molecule has 1 aromatic carbocycles. The van der Waals surface area contributed by atoms with Gasteiger partial charge in [0.25, 0.3) is 0 Å². The highest BCUT2D eigenvalue weighted by atomic mass is 35.5. The first-order valence-corrected chi connectivity index (χ1v) is 5.09. The molecule has 4 heteroatoms. The van der Waals surface area contributed by atoms with Crippen molar-refractivity contribution in [1.82, 2.24) is 0 Å². The standard InChI is InChI=1S/C11H16ClNO2/c1-11(13,7-14)6-8-9(12)4-3-5-10(8)15-2/h3-5,14H,6-7,13H2,1-2H3. The van der Waals surface area contributed by atoms with Crippen LogP contribution < -0.4 is 10.5 Å². The predicted molar refractivity (Wildman–Crippen MR) is 61.4 cm³/mol. The van der Waals surface area contributed by atoms with Crippen molar-refractivity contribution in [3.05, 3.63) is 28.8 Å². The fraction of sp³-hybridized carbons (Fsp3) is 0.455. The van der Waals surface area contributed by atoms with Crippen molar-refractivity contribution in [3.63, 3.8) is 0 Å². The van der Waals surface area contributed by atoms with Gasteiger partial charge in [-0.15, -0.1) is 0 Å². The van der Waals surface area contributed by atoms with Gasteiger partial charge in [-0.25, -0.2) is 0 Å². The molecule has 0 bridgehead atoms. The lowest BCUT2D eigenvalue weighted by atomic mass is 9.94. The largest absolute Gasteiger partial charge is 0.496 e. The molecule has 0 aliphatic heterocycles. The molecule has 0 aliphatic carbocycles. The third-order valence-electron chi connectivity index (χ3n) is 2.24. The number of halogens is 1. The van der Waals surface area contributed by atoms with E-state index in [-0.39, 0.29) is 6.61 Å². The Labute approximate surface area is 94.8 Å². The van der Waals surface area contributed by atoms with Crippen molar-refractivity contribution in [2.45, 2.75) is 18.9 Å². The highest BCUT2D eigenvalue weighted by Crippen LogP contribution is 2.29.